The average molecular weight is 487 g/mol. The molecule has 0 bridgehead atoms. The minimum Gasteiger partial charge on any atom is -0.394 e. The smallest absolute Gasteiger partial charge is 0.394 e. The van der Waals surface area contributed by atoms with Crippen LogP contribution in [-0.2, 0) is 12.4 Å². The molecule has 0 saturated heterocycles. The van der Waals surface area contributed by atoms with E-state index in [1.165, 1.54) is 6.07 Å². The van der Waals surface area contributed by atoms with Crippen LogP contribution in [0.5, 0.6) is 0 Å². The molecular formula is C17H17BrF6N4O. The Hall–Kier alpha value is -2.08. The summed E-state index contributed by atoms with van der Waals surface area (Å²) in [4.78, 5) is 7.29. The van der Waals surface area contributed by atoms with Crippen LogP contribution < -0.4 is 10.6 Å². The quantitative estimate of drug-likeness (QED) is 0.473. The Balaban J connectivity index is 2.43. The van der Waals surface area contributed by atoms with E-state index in [0.29, 0.717) is 6.07 Å². The van der Waals surface area contributed by atoms with Gasteiger partial charge >= 0.3 is 12.4 Å². The molecule has 5 nitrogen and oxygen atoms in total. The van der Waals surface area contributed by atoms with Crippen LogP contribution in [0.25, 0.3) is 0 Å². The van der Waals surface area contributed by atoms with Crippen LogP contribution in [0, 0.1) is 5.92 Å². The second-order valence-electron chi connectivity index (χ2n) is 6.45. The van der Waals surface area contributed by atoms with Crippen molar-refractivity contribution < 1.29 is 31.4 Å². The highest BCUT2D eigenvalue weighted by Gasteiger charge is 2.35. The first-order chi connectivity index (χ1) is 13.3. The summed E-state index contributed by atoms with van der Waals surface area (Å²) in [5, 5.41) is 14.4. The molecule has 0 aliphatic carbocycles. The van der Waals surface area contributed by atoms with Crippen LogP contribution in [0.2, 0.25) is 0 Å². The molecule has 1 aromatic heterocycles. The lowest BCUT2D eigenvalue weighted by Gasteiger charge is -2.21. The van der Waals surface area contributed by atoms with Crippen molar-refractivity contribution in [2.24, 2.45) is 5.92 Å². The fraction of sp³-hybridized carbons (Fsp3) is 0.412. The number of hydrogen-bond donors (Lipinski definition) is 3. The van der Waals surface area contributed by atoms with Gasteiger partial charge < -0.3 is 15.7 Å². The lowest BCUT2D eigenvalue weighted by atomic mass is 10.1. The molecule has 1 heterocycles. The van der Waals surface area contributed by atoms with Crippen molar-refractivity contribution in [1.29, 1.82) is 0 Å². The van der Waals surface area contributed by atoms with Gasteiger partial charge in [0.15, 0.2) is 5.69 Å². The fourth-order valence-corrected chi connectivity index (χ4v) is 2.75. The van der Waals surface area contributed by atoms with E-state index in [0.717, 1.165) is 12.1 Å². The van der Waals surface area contributed by atoms with Gasteiger partial charge in [-0.25, -0.2) is 4.98 Å². The maximum atomic E-state index is 13.2. The molecule has 0 radical (unpaired) electrons. The van der Waals surface area contributed by atoms with Crippen molar-refractivity contribution in [3.63, 3.8) is 0 Å². The molecule has 2 aromatic rings. The lowest BCUT2D eigenvalue weighted by Crippen LogP contribution is -2.30. The number of anilines is 3. The van der Waals surface area contributed by atoms with Crippen molar-refractivity contribution in [1.82, 2.24) is 9.97 Å². The normalized spacial score (nSPS) is 13.5. The van der Waals surface area contributed by atoms with E-state index in [1.54, 1.807) is 13.8 Å². The molecular weight excluding hydrogens is 470 g/mol. The molecule has 2 rings (SSSR count). The first-order valence-electron chi connectivity index (χ1n) is 8.28. The number of nitrogens with zero attached hydrogens (tertiary/aromatic N) is 2. The first-order valence-corrected chi connectivity index (χ1v) is 9.08. The Bertz CT molecular complexity index is 857. The van der Waals surface area contributed by atoms with E-state index in [1.807, 2.05) is 0 Å². The predicted octanol–water partition coefficient (Wildman–Crippen LogP) is 5.45. The minimum absolute atomic E-state index is 0.110. The molecule has 0 spiro atoms. The summed E-state index contributed by atoms with van der Waals surface area (Å²) in [7, 11) is 0. The molecule has 0 aliphatic rings. The number of benzene rings is 1. The molecule has 29 heavy (non-hydrogen) atoms. The summed E-state index contributed by atoms with van der Waals surface area (Å²) in [5.74, 6) is -0.913. The first kappa shape index (κ1) is 23.2. The van der Waals surface area contributed by atoms with E-state index >= 15 is 0 Å². The molecule has 160 valence electrons. The average Bonchev–Trinajstić information content (AvgIpc) is 2.59. The standard InChI is InChI=1S/C17H17BrF6N4O/c1-8(2)12(7-29)26-15-27-13(17(22,23)24)6-14(28-15)25-9-3-4-11(18)10(5-9)16(19,20)21/h3-6,8,12,29H,7H2,1-2H3,(H2,25,26,27,28)/t12-/m1/s1. The van der Waals surface area contributed by atoms with Crippen LogP contribution in [0.1, 0.15) is 25.1 Å². The fourth-order valence-electron chi connectivity index (χ4n) is 2.28. The molecule has 1 atom stereocenters. The number of aliphatic hydroxyl groups excluding tert-OH is 1. The number of rotatable bonds is 6. The number of halogens is 7. The Morgan fingerprint density at radius 2 is 1.69 bits per heavy atom. The highest BCUT2D eigenvalue weighted by molar-refractivity contribution is 9.10. The highest BCUT2D eigenvalue weighted by Crippen LogP contribution is 2.37. The summed E-state index contributed by atoms with van der Waals surface area (Å²) in [6, 6.07) is 3.10. The Morgan fingerprint density at radius 3 is 2.21 bits per heavy atom. The number of alkyl halides is 6. The SMILES string of the molecule is CC(C)[C@@H](CO)Nc1nc(Nc2ccc(Br)c(C(F)(F)F)c2)cc(C(F)(F)F)n1. The van der Waals surface area contributed by atoms with Crippen LogP contribution in [0.3, 0.4) is 0 Å². The summed E-state index contributed by atoms with van der Waals surface area (Å²) in [6.07, 6.45) is -9.46. The molecule has 0 unspecified atom stereocenters. The molecule has 12 heteroatoms. The van der Waals surface area contributed by atoms with Crippen LogP contribution in [0.4, 0.5) is 43.8 Å². The van der Waals surface area contributed by atoms with E-state index in [2.05, 4.69) is 36.5 Å². The molecule has 0 saturated carbocycles. The van der Waals surface area contributed by atoms with Gasteiger partial charge in [0.25, 0.3) is 0 Å². The Kier molecular flexibility index (Phi) is 6.99. The zero-order valence-electron chi connectivity index (χ0n) is 15.2. The van der Waals surface area contributed by atoms with E-state index < -0.39 is 35.6 Å². The van der Waals surface area contributed by atoms with Gasteiger partial charge in [-0.2, -0.15) is 31.3 Å². The molecule has 0 aliphatic heterocycles. The number of aromatic nitrogens is 2. The largest absolute Gasteiger partial charge is 0.433 e. The number of hydrogen-bond acceptors (Lipinski definition) is 5. The van der Waals surface area contributed by atoms with E-state index in [9.17, 15) is 31.4 Å². The second-order valence-corrected chi connectivity index (χ2v) is 7.31. The predicted molar refractivity (Wildman–Crippen MR) is 98.8 cm³/mol. The monoisotopic (exact) mass is 486 g/mol. The minimum atomic E-state index is -4.81. The lowest BCUT2D eigenvalue weighted by molar-refractivity contribution is -0.141. The third-order valence-corrected chi connectivity index (χ3v) is 4.57. The van der Waals surface area contributed by atoms with Gasteiger partial charge in [-0.1, -0.05) is 29.8 Å². The summed E-state index contributed by atoms with van der Waals surface area (Å²) in [5.41, 5.74) is -2.39. The second kappa shape index (κ2) is 8.74. The molecule has 1 aromatic carbocycles. The number of nitrogens with one attached hydrogen (secondary N) is 2. The van der Waals surface area contributed by atoms with Crippen molar-refractivity contribution in [3.05, 3.63) is 40.0 Å². The van der Waals surface area contributed by atoms with Crippen LogP contribution in [-0.4, -0.2) is 27.7 Å². The van der Waals surface area contributed by atoms with Gasteiger partial charge in [0, 0.05) is 16.2 Å². The van der Waals surface area contributed by atoms with E-state index in [-0.39, 0.29) is 28.5 Å². The maximum Gasteiger partial charge on any atom is 0.433 e. The molecule has 3 N–H and O–H groups in total. The van der Waals surface area contributed by atoms with Crippen molar-refractivity contribution in [2.75, 3.05) is 17.2 Å². The van der Waals surface area contributed by atoms with Gasteiger partial charge in [-0.15, -0.1) is 0 Å². The van der Waals surface area contributed by atoms with Gasteiger partial charge in [-0.05, 0) is 24.1 Å². The zero-order valence-corrected chi connectivity index (χ0v) is 16.7. The van der Waals surface area contributed by atoms with Gasteiger partial charge in [-0.3, -0.25) is 0 Å². The van der Waals surface area contributed by atoms with Gasteiger partial charge in [0.05, 0.1) is 18.2 Å². The maximum absolute atomic E-state index is 13.2. The van der Waals surface area contributed by atoms with Crippen LogP contribution in [0.15, 0.2) is 28.7 Å². The van der Waals surface area contributed by atoms with Crippen molar-refractivity contribution >= 4 is 33.4 Å². The zero-order chi connectivity index (χ0) is 22.0. The van der Waals surface area contributed by atoms with Crippen LogP contribution >= 0.6 is 15.9 Å². The summed E-state index contributed by atoms with van der Waals surface area (Å²) >= 11 is 2.79. The Morgan fingerprint density at radius 1 is 1.03 bits per heavy atom. The molecule has 0 amide bonds. The Labute approximate surface area is 170 Å². The topological polar surface area (TPSA) is 70.1 Å². The van der Waals surface area contributed by atoms with Crippen molar-refractivity contribution in [2.45, 2.75) is 32.2 Å². The number of aliphatic hydroxyl groups is 1. The van der Waals surface area contributed by atoms with E-state index in [4.69, 9.17) is 0 Å². The third-order valence-electron chi connectivity index (χ3n) is 3.88. The molecule has 0 fully saturated rings. The van der Waals surface area contributed by atoms with Gasteiger partial charge in [0.1, 0.15) is 5.82 Å². The third kappa shape index (κ3) is 6.20. The van der Waals surface area contributed by atoms with Gasteiger partial charge in [0.2, 0.25) is 5.95 Å². The van der Waals surface area contributed by atoms with Crippen molar-refractivity contribution in [3.8, 4) is 0 Å². The summed E-state index contributed by atoms with van der Waals surface area (Å²) < 4.78 is 78.5. The summed E-state index contributed by atoms with van der Waals surface area (Å²) in [6.45, 7) is 3.10. The highest BCUT2D eigenvalue weighted by atomic mass is 79.9.